The number of benzene rings is 2. The summed E-state index contributed by atoms with van der Waals surface area (Å²) in [6, 6.07) is 10.3. The molecule has 1 aromatic heterocycles. The van der Waals surface area contributed by atoms with Gasteiger partial charge in [0.25, 0.3) is 0 Å². The van der Waals surface area contributed by atoms with Gasteiger partial charge in [0.1, 0.15) is 5.69 Å². The quantitative estimate of drug-likeness (QED) is 0.489. The van der Waals surface area contributed by atoms with Crippen LogP contribution in [0.1, 0.15) is 28.5 Å². The van der Waals surface area contributed by atoms with Crippen molar-refractivity contribution in [3.8, 4) is 0 Å². The minimum atomic E-state index is -4.98. The second kappa shape index (κ2) is 8.41. The van der Waals surface area contributed by atoms with Crippen molar-refractivity contribution in [1.29, 1.82) is 0 Å². The monoisotopic (exact) mass is 448 g/mol. The maximum absolute atomic E-state index is 13.3. The number of aliphatic hydroxyl groups excluding tert-OH is 1. The third-order valence-electron chi connectivity index (χ3n) is 4.44. The lowest BCUT2D eigenvalue weighted by molar-refractivity contribution is -0.142. The van der Waals surface area contributed by atoms with E-state index in [0.29, 0.717) is 22.7 Å². The molecule has 1 heterocycles. The van der Waals surface area contributed by atoms with Gasteiger partial charge < -0.3 is 10.4 Å². The predicted molar refractivity (Wildman–Crippen MR) is 99.9 cm³/mol. The predicted octanol–water partition coefficient (Wildman–Crippen LogP) is 5.75. The largest absolute Gasteiger partial charge is 0.433 e. The summed E-state index contributed by atoms with van der Waals surface area (Å²) in [5.41, 5.74) is -3.28. The van der Waals surface area contributed by atoms with Crippen LogP contribution in [-0.4, -0.2) is 16.6 Å². The van der Waals surface area contributed by atoms with Crippen LogP contribution in [0, 0.1) is 0 Å². The van der Waals surface area contributed by atoms with Crippen LogP contribution in [-0.2, 0) is 18.9 Å². The first kappa shape index (κ1) is 22.3. The second-order valence-corrected chi connectivity index (χ2v) is 6.94. The van der Waals surface area contributed by atoms with Crippen molar-refractivity contribution < 1.29 is 31.4 Å². The summed E-state index contributed by atoms with van der Waals surface area (Å²) in [7, 11) is 0. The highest BCUT2D eigenvalue weighted by Crippen LogP contribution is 2.38. The minimum Gasteiger partial charge on any atom is -0.387 e. The number of alkyl halides is 6. The van der Waals surface area contributed by atoms with Gasteiger partial charge in [-0.05, 0) is 29.3 Å². The van der Waals surface area contributed by atoms with Crippen molar-refractivity contribution in [2.24, 2.45) is 0 Å². The number of aliphatic hydroxyl groups is 1. The third-order valence-corrected chi connectivity index (χ3v) is 4.81. The topological polar surface area (TPSA) is 45.1 Å². The van der Waals surface area contributed by atoms with Gasteiger partial charge >= 0.3 is 12.4 Å². The molecule has 0 saturated carbocycles. The molecule has 0 amide bonds. The Labute approximate surface area is 172 Å². The van der Waals surface area contributed by atoms with Crippen LogP contribution in [0.15, 0.2) is 48.5 Å². The van der Waals surface area contributed by atoms with E-state index >= 15 is 0 Å². The molecule has 160 valence electrons. The summed E-state index contributed by atoms with van der Waals surface area (Å²) in [4.78, 5) is 3.20. The third kappa shape index (κ3) is 4.85. The molecule has 0 aliphatic carbocycles. The van der Waals surface area contributed by atoms with Gasteiger partial charge in [0.15, 0.2) is 0 Å². The van der Waals surface area contributed by atoms with Crippen molar-refractivity contribution in [2.75, 3.05) is 6.54 Å². The van der Waals surface area contributed by atoms with Crippen LogP contribution in [0.5, 0.6) is 0 Å². The van der Waals surface area contributed by atoms with Crippen LogP contribution in [0.2, 0.25) is 5.02 Å². The summed E-state index contributed by atoms with van der Waals surface area (Å²) in [5.74, 6) is 0. The molecule has 1 unspecified atom stereocenters. The van der Waals surface area contributed by atoms with Crippen LogP contribution in [0.25, 0.3) is 10.9 Å². The number of pyridine rings is 1. The van der Waals surface area contributed by atoms with Gasteiger partial charge in [-0.15, -0.1) is 0 Å². The van der Waals surface area contributed by atoms with Gasteiger partial charge in [0.2, 0.25) is 0 Å². The Morgan fingerprint density at radius 2 is 1.67 bits per heavy atom. The first-order chi connectivity index (χ1) is 14.0. The van der Waals surface area contributed by atoms with Crippen molar-refractivity contribution in [1.82, 2.24) is 10.3 Å². The minimum absolute atomic E-state index is 0.204. The molecule has 0 saturated heterocycles. The van der Waals surface area contributed by atoms with Gasteiger partial charge in [-0.1, -0.05) is 41.9 Å². The molecule has 3 aromatic rings. The Hall–Kier alpha value is -2.36. The van der Waals surface area contributed by atoms with E-state index in [1.807, 2.05) is 0 Å². The first-order valence-corrected chi connectivity index (χ1v) is 9.06. The lowest BCUT2D eigenvalue weighted by Gasteiger charge is -2.19. The molecule has 1 atom stereocenters. The SMILES string of the molecule is OC(CNCc1ccccc1Cl)c1cc(C(F)(F)F)nc2c(C(F)(F)F)cccc12. The number of para-hydroxylation sites is 1. The van der Waals surface area contributed by atoms with Crippen molar-refractivity contribution >= 4 is 22.5 Å². The molecule has 30 heavy (non-hydrogen) atoms. The molecule has 3 nitrogen and oxygen atoms in total. The summed E-state index contributed by atoms with van der Waals surface area (Å²) in [6.07, 6.45) is -11.4. The maximum Gasteiger partial charge on any atom is 0.433 e. The fourth-order valence-corrected chi connectivity index (χ4v) is 3.22. The molecule has 2 aromatic carbocycles. The lowest BCUT2D eigenvalue weighted by atomic mass is 9.99. The maximum atomic E-state index is 13.3. The van der Waals surface area contributed by atoms with Crippen molar-refractivity contribution in [2.45, 2.75) is 25.0 Å². The van der Waals surface area contributed by atoms with E-state index in [0.717, 1.165) is 6.07 Å². The number of nitrogens with zero attached hydrogens (tertiary/aromatic N) is 1. The molecular formula is C20H15ClF6N2O. The number of nitrogens with one attached hydrogen (secondary N) is 1. The molecule has 0 aliphatic rings. The fraction of sp³-hybridized carbons (Fsp3) is 0.250. The van der Waals surface area contributed by atoms with Gasteiger partial charge in [0.05, 0.1) is 17.2 Å². The smallest absolute Gasteiger partial charge is 0.387 e. The zero-order valence-electron chi connectivity index (χ0n) is 15.2. The molecule has 0 radical (unpaired) electrons. The average Bonchev–Trinajstić information content (AvgIpc) is 2.66. The zero-order chi connectivity index (χ0) is 22.1. The van der Waals surface area contributed by atoms with E-state index in [4.69, 9.17) is 11.6 Å². The van der Waals surface area contributed by atoms with Crippen LogP contribution in [0.4, 0.5) is 26.3 Å². The Morgan fingerprint density at radius 1 is 0.967 bits per heavy atom. The van der Waals surface area contributed by atoms with Crippen LogP contribution in [0.3, 0.4) is 0 Å². The van der Waals surface area contributed by atoms with Crippen LogP contribution >= 0.6 is 11.6 Å². The fourth-order valence-electron chi connectivity index (χ4n) is 3.02. The molecular weight excluding hydrogens is 434 g/mol. The summed E-state index contributed by atoms with van der Waals surface area (Å²) >= 11 is 6.02. The standard InChI is InChI=1S/C20H15ClF6N2O/c21-15-7-2-1-4-11(15)9-28-10-16(30)13-8-17(20(25,26)27)29-18-12(13)5-3-6-14(18)19(22,23)24/h1-8,16,28,30H,9-10H2. The average molecular weight is 449 g/mol. The van der Waals surface area contributed by atoms with E-state index in [1.165, 1.54) is 6.07 Å². The number of hydrogen-bond donors (Lipinski definition) is 2. The molecule has 0 fully saturated rings. The number of aromatic nitrogens is 1. The molecule has 3 rings (SSSR count). The van der Waals surface area contributed by atoms with E-state index in [2.05, 4.69) is 10.3 Å². The lowest BCUT2D eigenvalue weighted by Crippen LogP contribution is -2.22. The highest BCUT2D eigenvalue weighted by Gasteiger charge is 2.37. The number of halogens is 7. The Balaban J connectivity index is 1.98. The molecule has 10 heteroatoms. The second-order valence-electron chi connectivity index (χ2n) is 6.53. The van der Waals surface area contributed by atoms with Gasteiger partial charge in [-0.3, -0.25) is 0 Å². The Bertz CT molecular complexity index is 1050. The van der Waals surface area contributed by atoms with Gasteiger partial charge in [0, 0.05) is 23.5 Å². The van der Waals surface area contributed by atoms with Gasteiger partial charge in [-0.2, -0.15) is 26.3 Å². The van der Waals surface area contributed by atoms with E-state index in [1.54, 1.807) is 24.3 Å². The summed E-state index contributed by atoms with van der Waals surface area (Å²) in [6.45, 7) is -0.00242. The number of fused-ring (bicyclic) bond motifs is 1. The Morgan fingerprint density at radius 3 is 2.30 bits per heavy atom. The highest BCUT2D eigenvalue weighted by molar-refractivity contribution is 6.31. The van der Waals surface area contributed by atoms with E-state index < -0.39 is 35.2 Å². The van der Waals surface area contributed by atoms with E-state index in [-0.39, 0.29) is 24.0 Å². The first-order valence-electron chi connectivity index (χ1n) is 8.68. The van der Waals surface area contributed by atoms with Crippen molar-refractivity contribution in [3.05, 3.63) is 75.9 Å². The molecule has 0 aliphatic heterocycles. The zero-order valence-corrected chi connectivity index (χ0v) is 15.9. The Kier molecular flexibility index (Phi) is 6.26. The van der Waals surface area contributed by atoms with Crippen LogP contribution < -0.4 is 5.32 Å². The van der Waals surface area contributed by atoms with Crippen molar-refractivity contribution in [3.63, 3.8) is 0 Å². The highest BCUT2D eigenvalue weighted by atomic mass is 35.5. The summed E-state index contributed by atoms with van der Waals surface area (Å²) in [5, 5.41) is 13.6. The molecule has 2 N–H and O–H groups in total. The summed E-state index contributed by atoms with van der Waals surface area (Å²) < 4.78 is 79.6. The normalized spacial score (nSPS) is 13.6. The van der Waals surface area contributed by atoms with Gasteiger partial charge in [-0.25, -0.2) is 4.98 Å². The number of hydrogen-bond acceptors (Lipinski definition) is 3. The molecule has 0 spiro atoms. The number of rotatable bonds is 5. The van der Waals surface area contributed by atoms with E-state index in [9.17, 15) is 31.4 Å². The molecule has 0 bridgehead atoms.